The third-order valence-electron chi connectivity index (χ3n) is 5.42. The number of carbonyl (C=O) groups excluding carboxylic acids is 3. The Hall–Kier alpha value is -4.92. The van der Waals surface area contributed by atoms with Gasteiger partial charge in [0.1, 0.15) is 17.0 Å². The summed E-state index contributed by atoms with van der Waals surface area (Å²) in [5.74, 6) is -5.26. The highest BCUT2D eigenvalue weighted by molar-refractivity contribution is 7.13. The number of hydrogen-bond donors (Lipinski definition) is 2. The van der Waals surface area contributed by atoms with Gasteiger partial charge < -0.3 is 29.6 Å². The molecular formula is C25H19F3N4O7S. The Labute approximate surface area is 227 Å². The third kappa shape index (κ3) is 5.58. The summed E-state index contributed by atoms with van der Waals surface area (Å²) in [6.45, 7) is -0.542. The molecule has 0 bridgehead atoms. The van der Waals surface area contributed by atoms with Crippen LogP contribution in [0, 0.1) is 17.5 Å². The summed E-state index contributed by atoms with van der Waals surface area (Å²) in [6.07, 6.45) is 2.62. The quantitative estimate of drug-likeness (QED) is 0.280. The Balaban J connectivity index is 1.59. The van der Waals surface area contributed by atoms with Gasteiger partial charge in [0.15, 0.2) is 29.0 Å². The monoisotopic (exact) mass is 576 g/mol. The van der Waals surface area contributed by atoms with Crippen LogP contribution in [0.1, 0.15) is 25.6 Å². The van der Waals surface area contributed by atoms with Crippen LogP contribution in [-0.4, -0.2) is 49.3 Å². The second-order valence-corrected chi connectivity index (χ2v) is 8.64. The van der Waals surface area contributed by atoms with Crippen molar-refractivity contribution in [3.63, 3.8) is 0 Å². The van der Waals surface area contributed by atoms with Crippen molar-refractivity contribution in [2.24, 2.45) is 0 Å². The number of rotatable bonds is 8. The van der Waals surface area contributed by atoms with Crippen molar-refractivity contribution in [1.29, 1.82) is 0 Å². The van der Waals surface area contributed by atoms with Gasteiger partial charge >= 0.3 is 18.0 Å². The van der Waals surface area contributed by atoms with E-state index >= 15 is 0 Å². The topological polar surface area (TPSA) is 138 Å². The molecule has 0 aliphatic carbocycles. The molecule has 0 radical (unpaired) electrons. The van der Waals surface area contributed by atoms with Crippen molar-refractivity contribution in [3.8, 4) is 11.5 Å². The number of carbonyl (C=O) groups is 3. The number of ether oxygens (including phenoxy) is 4. The number of esters is 2. The maximum Gasteiger partial charge on any atom is 0.349 e. The van der Waals surface area contributed by atoms with Gasteiger partial charge in [0.2, 0.25) is 0 Å². The fraction of sp³-hybridized carbons (Fsp3) is 0.160. The van der Waals surface area contributed by atoms with Gasteiger partial charge in [-0.1, -0.05) is 0 Å². The summed E-state index contributed by atoms with van der Waals surface area (Å²) in [6, 6.07) is 1.87. The zero-order chi connectivity index (χ0) is 29.0. The molecule has 0 atom stereocenters. The number of methoxy groups -OCH3 is 3. The van der Waals surface area contributed by atoms with Gasteiger partial charge in [0.05, 0.1) is 49.3 Å². The Bertz CT molecular complexity index is 1630. The molecule has 4 aromatic rings. The van der Waals surface area contributed by atoms with Gasteiger partial charge in [-0.3, -0.25) is 9.97 Å². The number of halogens is 3. The maximum absolute atomic E-state index is 14.8. The van der Waals surface area contributed by atoms with Gasteiger partial charge in [0.25, 0.3) is 0 Å². The van der Waals surface area contributed by atoms with Crippen molar-refractivity contribution in [2.45, 2.75) is 6.61 Å². The van der Waals surface area contributed by atoms with Gasteiger partial charge in [-0.15, -0.1) is 11.3 Å². The molecule has 0 spiro atoms. The summed E-state index contributed by atoms with van der Waals surface area (Å²) in [4.78, 5) is 44.8. The van der Waals surface area contributed by atoms with E-state index in [1.807, 2.05) is 0 Å². The van der Waals surface area contributed by atoms with Gasteiger partial charge in [-0.25, -0.2) is 27.6 Å². The minimum Gasteiger partial charge on any atom is -0.493 e. The second kappa shape index (κ2) is 11.9. The first-order valence-corrected chi connectivity index (χ1v) is 12.0. The van der Waals surface area contributed by atoms with Crippen LogP contribution in [0.5, 0.6) is 11.5 Å². The molecular weight excluding hydrogens is 557 g/mol. The Morgan fingerprint density at radius 1 is 0.875 bits per heavy atom. The van der Waals surface area contributed by atoms with E-state index in [0.717, 1.165) is 43.8 Å². The third-order valence-corrected chi connectivity index (χ3v) is 6.38. The average Bonchev–Trinajstić information content (AvgIpc) is 3.36. The molecule has 0 aliphatic rings. The molecule has 2 N–H and O–H groups in total. The lowest BCUT2D eigenvalue weighted by atomic mass is 10.1. The van der Waals surface area contributed by atoms with Crippen LogP contribution in [0.25, 0.3) is 11.0 Å². The van der Waals surface area contributed by atoms with E-state index in [0.29, 0.717) is 0 Å². The Kier molecular flexibility index (Phi) is 8.33. The lowest BCUT2D eigenvalue weighted by Gasteiger charge is -2.15. The first-order chi connectivity index (χ1) is 19.2. The second-order valence-electron chi connectivity index (χ2n) is 7.76. The lowest BCUT2D eigenvalue weighted by molar-refractivity contribution is 0.0561. The van der Waals surface area contributed by atoms with E-state index in [-0.39, 0.29) is 49.9 Å². The molecule has 4 rings (SSSR count). The number of fused-ring (bicyclic) bond motifs is 1. The first-order valence-electron chi connectivity index (χ1n) is 11.1. The molecule has 40 heavy (non-hydrogen) atoms. The van der Waals surface area contributed by atoms with E-state index in [9.17, 15) is 27.6 Å². The van der Waals surface area contributed by atoms with E-state index in [4.69, 9.17) is 9.47 Å². The van der Waals surface area contributed by atoms with Crippen molar-refractivity contribution in [2.75, 3.05) is 32.0 Å². The van der Waals surface area contributed by atoms with Crippen LogP contribution in [0.4, 0.5) is 29.3 Å². The predicted molar refractivity (Wildman–Crippen MR) is 136 cm³/mol. The van der Waals surface area contributed by atoms with Crippen LogP contribution < -0.4 is 20.1 Å². The van der Waals surface area contributed by atoms with E-state index in [2.05, 4.69) is 30.1 Å². The number of aromatic nitrogens is 2. The molecule has 2 amide bonds. The molecule has 15 heteroatoms. The molecule has 11 nitrogen and oxygen atoms in total. The highest BCUT2D eigenvalue weighted by Crippen LogP contribution is 2.35. The number of benzene rings is 2. The zero-order valence-corrected chi connectivity index (χ0v) is 21.8. The van der Waals surface area contributed by atoms with Crippen molar-refractivity contribution in [3.05, 3.63) is 69.4 Å². The summed E-state index contributed by atoms with van der Waals surface area (Å²) < 4.78 is 63.5. The lowest BCUT2D eigenvalue weighted by Crippen LogP contribution is -2.22. The SMILES string of the molecule is COC(=O)c1scc(NC(=O)Nc2cc(OCc3c(F)c(F)cc4nccnc34)c(OC)cc2F)c1C(=O)OC. The number of amides is 2. The minimum absolute atomic E-state index is 0.0590. The predicted octanol–water partition coefficient (Wildman–Crippen LogP) is 4.91. The highest BCUT2D eigenvalue weighted by atomic mass is 32.1. The van der Waals surface area contributed by atoms with Gasteiger partial charge in [-0.05, 0) is 0 Å². The van der Waals surface area contributed by atoms with Crippen LogP contribution in [0.2, 0.25) is 0 Å². The van der Waals surface area contributed by atoms with Gasteiger partial charge in [0, 0.05) is 36.0 Å². The van der Waals surface area contributed by atoms with E-state index in [1.54, 1.807) is 0 Å². The first kappa shape index (κ1) is 28.1. The molecule has 0 unspecified atom stereocenters. The number of nitrogens with zero attached hydrogens (tertiary/aromatic N) is 2. The van der Waals surface area contributed by atoms with E-state index < -0.39 is 42.0 Å². The number of hydrogen-bond acceptors (Lipinski definition) is 10. The Morgan fingerprint density at radius 2 is 1.57 bits per heavy atom. The number of anilines is 2. The number of nitrogens with one attached hydrogen (secondary N) is 2. The molecule has 0 saturated heterocycles. The molecule has 2 aromatic heterocycles. The van der Waals surface area contributed by atoms with Gasteiger partial charge in [-0.2, -0.15) is 0 Å². The normalized spacial score (nSPS) is 10.7. The molecule has 2 heterocycles. The zero-order valence-electron chi connectivity index (χ0n) is 21.0. The fourth-order valence-electron chi connectivity index (χ4n) is 3.58. The molecule has 2 aromatic carbocycles. The summed E-state index contributed by atoms with van der Waals surface area (Å²) in [5, 5.41) is 5.91. The molecule has 208 valence electrons. The largest absolute Gasteiger partial charge is 0.493 e. The molecule has 0 aliphatic heterocycles. The summed E-state index contributed by atoms with van der Waals surface area (Å²) in [7, 11) is 3.44. The number of urea groups is 1. The molecule has 0 saturated carbocycles. The smallest absolute Gasteiger partial charge is 0.349 e. The average molecular weight is 577 g/mol. The molecule has 0 fully saturated rings. The van der Waals surface area contributed by atoms with Crippen molar-refractivity contribution < 1.29 is 46.5 Å². The van der Waals surface area contributed by atoms with Crippen LogP contribution in [-0.2, 0) is 16.1 Å². The Morgan fingerprint density at radius 3 is 2.27 bits per heavy atom. The fourth-order valence-corrected chi connectivity index (χ4v) is 4.48. The highest BCUT2D eigenvalue weighted by Gasteiger charge is 2.26. The van der Waals surface area contributed by atoms with Crippen LogP contribution in [0.15, 0.2) is 36.0 Å². The number of thiophene rings is 1. The van der Waals surface area contributed by atoms with Crippen molar-refractivity contribution in [1.82, 2.24) is 9.97 Å². The standard InChI is InChI=1S/C25H19F3N4O7S/c1-36-17-7-12(26)14(31-25(35)32-16-10-40-22(24(34)38-3)19(16)23(33)37-2)8-18(17)39-9-11-20(28)13(27)6-15-21(11)30-5-4-29-15/h4-8,10H,9H2,1-3H3,(H2,31,32,35). The van der Waals surface area contributed by atoms with Crippen molar-refractivity contribution >= 4 is 51.7 Å². The summed E-state index contributed by atoms with van der Waals surface area (Å²) >= 11 is 0.823. The van der Waals surface area contributed by atoms with Crippen LogP contribution in [0.3, 0.4) is 0 Å². The summed E-state index contributed by atoms with van der Waals surface area (Å²) in [5.41, 5.74) is -0.809. The van der Waals surface area contributed by atoms with E-state index in [1.165, 1.54) is 24.9 Å². The maximum atomic E-state index is 14.8. The minimum atomic E-state index is -1.20. The van der Waals surface area contributed by atoms with Crippen LogP contribution >= 0.6 is 11.3 Å².